The first-order chi connectivity index (χ1) is 9.84. The number of carbonyl (C=O) groups is 1. The van der Waals surface area contributed by atoms with Gasteiger partial charge in [-0.25, -0.2) is 14.2 Å². The highest BCUT2D eigenvalue weighted by atomic mass is 35.5. The topological polar surface area (TPSA) is 65.2 Å². The molecule has 4 nitrogen and oxygen atoms in total. The molecule has 0 aliphatic heterocycles. The molecule has 1 aromatic heterocycles. The van der Waals surface area contributed by atoms with Crippen LogP contribution in [0, 0.1) is 5.82 Å². The molecule has 110 valence electrons. The first-order valence-electron chi connectivity index (χ1n) is 6.16. The van der Waals surface area contributed by atoms with E-state index in [1.807, 2.05) is 0 Å². The zero-order chi connectivity index (χ0) is 15.6. The third kappa shape index (κ3) is 3.20. The van der Waals surface area contributed by atoms with Crippen molar-refractivity contribution >= 4 is 17.6 Å². The molecule has 0 bridgehead atoms. The third-order valence-corrected chi connectivity index (χ3v) is 3.34. The van der Waals surface area contributed by atoms with Crippen LogP contribution in [0.5, 0.6) is 0 Å². The average Bonchev–Trinajstić information content (AvgIpc) is 2.46. The van der Waals surface area contributed by atoms with Crippen molar-refractivity contribution in [2.75, 3.05) is 7.11 Å². The Morgan fingerprint density at radius 2 is 1.95 bits per heavy atom. The molecule has 6 heteroatoms. The first-order valence-corrected chi connectivity index (χ1v) is 6.53. The fraction of sp³-hybridized carbons (Fsp3) is 0.200. The smallest absolute Gasteiger partial charge is 0.330 e. The molecule has 0 spiro atoms. The summed E-state index contributed by atoms with van der Waals surface area (Å²) in [7, 11) is 1.26. The van der Waals surface area contributed by atoms with Crippen LogP contribution in [0.25, 0.3) is 11.3 Å². The van der Waals surface area contributed by atoms with Gasteiger partial charge in [-0.3, -0.25) is 0 Å². The highest BCUT2D eigenvalue weighted by molar-refractivity contribution is 6.29. The molecule has 0 aliphatic rings. The Kier molecular flexibility index (Phi) is 4.25. The van der Waals surface area contributed by atoms with Gasteiger partial charge in [-0.15, -0.1) is 0 Å². The summed E-state index contributed by atoms with van der Waals surface area (Å²) in [6.07, 6.45) is 0. The van der Waals surface area contributed by atoms with Crippen LogP contribution in [0.2, 0.25) is 5.15 Å². The number of hydrogen-bond acceptors (Lipinski definition) is 4. The monoisotopic (exact) mass is 308 g/mol. The summed E-state index contributed by atoms with van der Waals surface area (Å²) in [6, 6.07) is 8.92. The molecule has 0 amide bonds. The fourth-order valence-electron chi connectivity index (χ4n) is 1.90. The maximum Gasteiger partial charge on any atom is 0.330 e. The predicted octanol–water partition coefficient (Wildman–Crippen LogP) is 2.89. The van der Waals surface area contributed by atoms with Crippen molar-refractivity contribution in [2.24, 2.45) is 5.73 Å². The Hall–Kier alpha value is -1.98. The molecule has 21 heavy (non-hydrogen) atoms. The van der Waals surface area contributed by atoms with Gasteiger partial charge in [-0.05, 0) is 48.9 Å². The van der Waals surface area contributed by atoms with Crippen molar-refractivity contribution in [2.45, 2.75) is 12.5 Å². The van der Waals surface area contributed by atoms with Crippen LogP contribution in [0.3, 0.4) is 0 Å². The molecule has 0 aliphatic carbocycles. The normalized spacial score (nSPS) is 13.6. The van der Waals surface area contributed by atoms with Crippen molar-refractivity contribution in [3.8, 4) is 11.3 Å². The van der Waals surface area contributed by atoms with Crippen molar-refractivity contribution < 1.29 is 13.9 Å². The number of nitrogens with zero attached hydrogens (tertiary/aromatic N) is 1. The lowest BCUT2D eigenvalue weighted by Crippen LogP contribution is -2.42. The molecule has 1 aromatic carbocycles. The quantitative estimate of drug-likeness (QED) is 0.699. The number of halogens is 2. The summed E-state index contributed by atoms with van der Waals surface area (Å²) in [5, 5.41) is 0.187. The molecule has 2 rings (SSSR count). The zero-order valence-electron chi connectivity index (χ0n) is 11.6. The molecular weight excluding hydrogens is 295 g/mol. The number of carbonyl (C=O) groups excluding carboxylic acids is 1. The van der Waals surface area contributed by atoms with Gasteiger partial charge in [0.2, 0.25) is 0 Å². The minimum absolute atomic E-state index is 0.187. The lowest BCUT2D eigenvalue weighted by Gasteiger charge is -2.22. The van der Waals surface area contributed by atoms with Crippen LogP contribution in [-0.4, -0.2) is 18.1 Å². The zero-order valence-corrected chi connectivity index (χ0v) is 12.3. The maximum atomic E-state index is 13.0. The van der Waals surface area contributed by atoms with Gasteiger partial charge in [0.25, 0.3) is 0 Å². The van der Waals surface area contributed by atoms with Crippen molar-refractivity contribution in [1.29, 1.82) is 0 Å². The van der Waals surface area contributed by atoms with Crippen LogP contribution in [0.4, 0.5) is 4.39 Å². The second-order valence-electron chi connectivity index (χ2n) is 4.76. The number of rotatable bonds is 3. The largest absolute Gasteiger partial charge is 0.467 e. The van der Waals surface area contributed by atoms with Gasteiger partial charge in [0.1, 0.15) is 16.5 Å². The van der Waals surface area contributed by atoms with E-state index in [9.17, 15) is 9.18 Å². The Morgan fingerprint density at radius 1 is 1.33 bits per heavy atom. The molecular formula is C15H14ClFN2O2. The minimum Gasteiger partial charge on any atom is -0.467 e. The number of benzene rings is 1. The number of ether oxygens (including phenoxy) is 1. The highest BCUT2D eigenvalue weighted by Gasteiger charge is 2.32. The summed E-state index contributed by atoms with van der Waals surface area (Å²) >= 11 is 5.99. The minimum atomic E-state index is -1.35. The number of hydrogen-bond donors (Lipinski definition) is 1. The Bertz CT molecular complexity index is 672. The summed E-state index contributed by atoms with van der Waals surface area (Å²) in [5.41, 5.74) is 6.29. The average molecular weight is 309 g/mol. The summed E-state index contributed by atoms with van der Waals surface area (Å²) < 4.78 is 17.7. The van der Waals surface area contributed by atoms with Gasteiger partial charge < -0.3 is 10.5 Å². The molecule has 0 radical (unpaired) electrons. The Labute approximate surface area is 126 Å². The van der Waals surface area contributed by atoms with E-state index in [1.165, 1.54) is 32.2 Å². The van der Waals surface area contributed by atoms with Crippen molar-refractivity contribution in [3.05, 3.63) is 52.9 Å². The molecule has 0 saturated heterocycles. The lowest BCUT2D eigenvalue weighted by atomic mass is 9.93. The van der Waals surface area contributed by atoms with E-state index in [-0.39, 0.29) is 11.0 Å². The van der Waals surface area contributed by atoms with Crippen molar-refractivity contribution in [1.82, 2.24) is 4.98 Å². The van der Waals surface area contributed by atoms with Gasteiger partial charge in [-0.1, -0.05) is 11.6 Å². The molecule has 2 N–H and O–H groups in total. The second kappa shape index (κ2) is 5.79. The van der Waals surface area contributed by atoms with E-state index in [1.54, 1.807) is 18.2 Å². The van der Waals surface area contributed by atoms with Crippen LogP contribution >= 0.6 is 11.6 Å². The number of esters is 1. The SMILES string of the molecule is COC(=O)C(C)(N)c1cc(Cl)nc(-c2ccc(F)cc2)c1. The molecule has 0 saturated carbocycles. The maximum absolute atomic E-state index is 13.0. The number of methoxy groups -OCH3 is 1. The van der Waals surface area contributed by atoms with E-state index < -0.39 is 11.5 Å². The van der Waals surface area contributed by atoms with Gasteiger partial charge in [0, 0.05) is 5.56 Å². The number of aromatic nitrogens is 1. The Morgan fingerprint density at radius 3 is 2.52 bits per heavy atom. The Balaban J connectivity index is 2.51. The predicted molar refractivity (Wildman–Crippen MR) is 78.2 cm³/mol. The van der Waals surface area contributed by atoms with E-state index >= 15 is 0 Å². The standard InChI is InChI=1S/C15H14ClFN2O2/c1-15(18,14(20)21-2)10-7-12(19-13(16)8-10)9-3-5-11(17)6-4-9/h3-8H,18H2,1-2H3. The summed E-state index contributed by atoms with van der Waals surface area (Å²) in [5.74, 6) is -0.936. The fourth-order valence-corrected chi connectivity index (χ4v) is 2.10. The van der Waals surface area contributed by atoms with Crippen LogP contribution in [0.1, 0.15) is 12.5 Å². The summed E-state index contributed by atoms with van der Waals surface area (Å²) in [4.78, 5) is 15.9. The third-order valence-electron chi connectivity index (χ3n) is 3.14. The number of pyridine rings is 1. The van der Waals surface area contributed by atoms with Crippen LogP contribution < -0.4 is 5.73 Å². The lowest BCUT2D eigenvalue weighted by molar-refractivity contribution is -0.146. The van der Waals surface area contributed by atoms with Gasteiger partial charge in [0.15, 0.2) is 0 Å². The molecule has 1 atom stereocenters. The van der Waals surface area contributed by atoms with E-state index in [4.69, 9.17) is 22.1 Å². The molecule has 2 aromatic rings. The second-order valence-corrected chi connectivity index (χ2v) is 5.15. The molecule has 0 fully saturated rings. The van der Waals surface area contributed by atoms with Crippen LogP contribution in [-0.2, 0) is 15.1 Å². The van der Waals surface area contributed by atoms with E-state index in [0.29, 0.717) is 16.8 Å². The molecule has 1 heterocycles. The van der Waals surface area contributed by atoms with Gasteiger partial charge >= 0.3 is 5.97 Å². The molecule has 1 unspecified atom stereocenters. The van der Waals surface area contributed by atoms with Crippen molar-refractivity contribution in [3.63, 3.8) is 0 Å². The van der Waals surface area contributed by atoms with E-state index in [2.05, 4.69) is 4.98 Å². The summed E-state index contributed by atoms with van der Waals surface area (Å²) in [6.45, 7) is 1.53. The van der Waals surface area contributed by atoms with Gasteiger partial charge in [0.05, 0.1) is 12.8 Å². The van der Waals surface area contributed by atoms with Crippen LogP contribution in [0.15, 0.2) is 36.4 Å². The first kappa shape index (κ1) is 15.4. The highest BCUT2D eigenvalue weighted by Crippen LogP contribution is 2.27. The van der Waals surface area contributed by atoms with E-state index in [0.717, 1.165) is 0 Å². The number of nitrogens with two attached hydrogens (primary N) is 1. The van der Waals surface area contributed by atoms with Gasteiger partial charge in [-0.2, -0.15) is 0 Å².